The standard InChI is InChI=1S/C31H58O9SSi2/c1-28(2,3)42(9,10)38-20-25-30(7,22-37-23-36-19-24-16-14-13-15-17-24)26(40-43(11,12)29(4,5)6)18-27(31(25,33)21-32)39-41(8,34)35/h13-17,25-27,32-33H,18-23H2,1-12H3/t25-,26-,27-,30-,31+/m0/s1. The molecule has 0 spiro atoms. The zero-order valence-corrected chi connectivity index (χ0v) is 31.3. The molecule has 0 bridgehead atoms. The summed E-state index contributed by atoms with van der Waals surface area (Å²) in [5, 5.41) is 22.7. The van der Waals surface area contributed by atoms with Gasteiger partial charge >= 0.3 is 0 Å². The summed E-state index contributed by atoms with van der Waals surface area (Å²) in [6.45, 7) is 23.1. The minimum atomic E-state index is -3.98. The lowest BCUT2D eigenvalue weighted by Crippen LogP contribution is -2.70. The molecule has 0 aliphatic heterocycles. The van der Waals surface area contributed by atoms with Gasteiger partial charge in [0.15, 0.2) is 16.6 Å². The maximum atomic E-state index is 12.4. The fourth-order valence-corrected chi connectivity index (χ4v) is 8.15. The molecule has 0 heterocycles. The molecule has 1 aromatic rings. The van der Waals surface area contributed by atoms with Crippen LogP contribution in [0.15, 0.2) is 30.3 Å². The Hall–Kier alpha value is -0.676. The second kappa shape index (κ2) is 14.0. The van der Waals surface area contributed by atoms with Crippen molar-refractivity contribution in [2.75, 3.05) is 32.9 Å². The van der Waals surface area contributed by atoms with Gasteiger partial charge in [0.25, 0.3) is 10.1 Å². The summed E-state index contributed by atoms with van der Waals surface area (Å²) in [5.74, 6) is -0.788. The lowest BCUT2D eigenvalue weighted by atomic mass is 9.58. The quantitative estimate of drug-likeness (QED) is 0.112. The molecule has 1 aliphatic rings. The summed E-state index contributed by atoms with van der Waals surface area (Å²) in [5.41, 5.74) is -1.82. The maximum Gasteiger partial charge on any atom is 0.264 e. The van der Waals surface area contributed by atoms with E-state index in [2.05, 4.69) is 67.7 Å². The van der Waals surface area contributed by atoms with Crippen LogP contribution in [0.2, 0.25) is 36.3 Å². The van der Waals surface area contributed by atoms with Gasteiger partial charge < -0.3 is 28.5 Å². The fourth-order valence-electron chi connectivity index (χ4n) is 5.04. The van der Waals surface area contributed by atoms with Crippen LogP contribution in [0.3, 0.4) is 0 Å². The predicted molar refractivity (Wildman–Crippen MR) is 175 cm³/mol. The summed E-state index contributed by atoms with van der Waals surface area (Å²) in [6, 6.07) is 9.79. The van der Waals surface area contributed by atoms with Crippen LogP contribution in [0.1, 0.15) is 60.5 Å². The van der Waals surface area contributed by atoms with E-state index in [0.29, 0.717) is 6.61 Å². The highest BCUT2D eigenvalue weighted by molar-refractivity contribution is 7.86. The molecule has 5 atom stereocenters. The van der Waals surface area contributed by atoms with Gasteiger partial charge in [-0.1, -0.05) is 78.8 Å². The SMILES string of the molecule is CC(C)(C)[Si](C)(C)OC[C@H]1[C@](C)(COCOCc2ccccc2)[C@@H](O[Si](C)(C)C(C)(C)C)C[C@H](OS(C)(=O)=O)[C@@]1(O)CO. The van der Waals surface area contributed by atoms with Crippen LogP contribution in [0, 0.1) is 11.3 Å². The van der Waals surface area contributed by atoms with Crippen molar-refractivity contribution in [3.05, 3.63) is 35.9 Å². The van der Waals surface area contributed by atoms with E-state index in [4.69, 9.17) is 22.5 Å². The van der Waals surface area contributed by atoms with Crippen LogP contribution >= 0.6 is 0 Å². The third-order valence-electron chi connectivity index (χ3n) is 10.0. The minimum Gasteiger partial charge on any atom is -0.416 e. The highest BCUT2D eigenvalue weighted by Gasteiger charge is 2.63. The minimum absolute atomic E-state index is 0.00787. The van der Waals surface area contributed by atoms with Crippen LogP contribution in [0.25, 0.3) is 0 Å². The number of aliphatic hydroxyl groups excluding tert-OH is 1. The molecule has 0 amide bonds. The first-order chi connectivity index (χ1) is 19.4. The Bertz CT molecular complexity index is 1130. The normalized spacial score (nSPS) is 27.8. The highest BCUT2D eigenvalue weighted by atomic mass is 32.2. The molecule has 0 saturated heterocycles. The molecule has 2 rings (SSSR count). The van der Waals surface area contributed by atoms with Gasteiger partial charge in [0.05, 0.1) is 32.2 Å². The molecule has 2 N–H and O–H groups in total. The number of hydrogen-bond donors (Lipinski definition) is 2. The molecule has 0 unspecified atom stereocenters. The zero-order chi connectivity index (χ0) is 33.1. The number of hydrogen-bond acceptors (Lipinski definition) is 9. The molecule has 9 nitrogen and oxygen atoms in total. The lowest BCUT2D eigenvalue weighted by molar-refractivity contribution is -0.242. The van der Waals surface area contributed by atoms with Crippen LogP contribution in [0.4, 0.5) is 0 Å². The van der Waals surface area contributed by atoms with Crippen molar-refractivity contribution in [1.29, 1.82) is 0 Å². The maximum absolute atomic E-state index is 12.4. The Morgan fingerprint density at radius 2 is 1.49 bits per heavy atom. The molecule has 1 aliphatic carbocycles. The topological polar surface area (TPSA) is 121 Å². The van der Waals surface area contributed by atoms with Crippen molar-refractivity contribution in [1.82, 2.24) is 0 Å². The van der Waals surface area contributed by atoms with Gasteiger partial charge in [-0.05, 0) is 41.8 Å². The molecule has 12 heteroatoms. The third-order valence-corrected chi connectivity index (χ3v) is 19.6. The average Bonchev–Trinajstić information content (AvgIpc) is 2.85. The summed E-state index contributed by atoms with van der Waals surface area (Å²) in [4.78, 5) is 0. The van der Waals surface area contributed by atoms with Crippen LogP contribution in [0.5, 0.6) is 0 Å². The van der Waals surface area contributed by atoms with Crippen LogP contribution in [-0.2, 0) is 39.2 Å². The van der Waals surface area contributed by atoms with Crippen molar-refractivity contribution in [2.24, 2.45) is 11.3 Å². The van der Waals surface area contributed by atoms with Gasteiger partial charge in [-0.25, -0.2) is 0 Å². The predicted octanol–water partition coefficient (Wildman–Crippen LogP) is 5.68. The Balaban J connectivity index is 2.54. The molecular weight excluding hydrogens is 605 g/mol. The van der Waals surface area contributed by atoms with Gasteiger partial charge in [-0.15, -0.1) is 0 Å². The molecule has 0 radical (unpaired) electrons. The van der Waals surface area contributed by atoms with Gasteiger partial charge in [0, 0.05) is 24.4 Å². The number of aliphatic hydroxyl groups is 2. The molecule has 0 aromatic heterocycles. The molecule has 250 valence electrons. The zero-order valence-electron chi connectivity index (χ0n) is 28.5. The largest absolute Gasteiger partial charge is 0.416 e. The van der Waals surface area contributed by atoms with E-state index in [0.717, 1.165) is 11.8 Å². The second-order valence-electron chi connectivity index (χ2n) is 15.5. The van der Waals surface area contributed by atoms with Gasteiger partial charge in [-0.3, -0.25) is 4.18 Å². The van der Waals surface area contributed by atoms with E-state index in [1.165, 1.54) is 0 Å². The molecule has 1 fully saturated rings. The van der Waals surface area contributed by atoms with Crippen LogP contribution in [-0.4, -0.2) is 85.9 Å². The van der Waals surface area contributed by atoms with Crippen LogP contribution < -0.4 is 0 Å². The van der Waals surface area contributed by atoms with E-state index >= 15 is 0 Å². The smallest absolute Gasteiger partial charge is 0.264 e. The summed E-state index contributed by atoms with van der Waals surface area (Å²) in [6.07, 6.45) is -0.791. The average molecular weight is 663 g/mol. The van der Waals surface area contributed by atoms with Gasteiger partial charge in [0.2, 0.25) is 0 Å². The van der Waals surface area contributed by atoms with E-state index < -0.39 is 62.5 Å². The molecule has 1 aromatic carbocycles. The van der Waals surface area contributed by atoms with E-state index in [9.17, 15) is 18.6 Å². The lowest BCUT2D eigenvalue weighted by Gasteiger charge is -2.58. The Labute approximate surface area is 263 Å². The summed E-state index contributed by atoms with van der Waals surface area (Å²) in [7, 11) is -8.71. The number of benzene rings is 1. The van der Waals surface area contributed by atoms with Crippen molar-refractivity contribution >= 4 is 26.8 Å². The van der Waals surface area contributed by atoms with E-state index in [1.807, 2.05) is 37.3 Å². The Morgan fingerprint density at radius 1 is 0.930 bits per heavy atom. The highest BCUT2D eigenvalue weighted by Crippen LogP contribution is 2.52. The Kier molecular flexibility index (Phi) is 12.5. The number of rotatable bonds is 14. The van der Waals surface area contributed by atoms with Crippen molar-refractivity contribution in [2.45, 2.75) is 116 Å². The fraction of sp³-hybridized carbons (Fsp3) is 0.806. The molecule has 1 saturated carbocycles. The first-order valence-electron chi connectivity index (χ1n) is 15.1. The van der Waals surface area contributed by atoms with Gasteiger partial charge in [-0.2, -0.15) is 8.42 Å². The number of ether oxygens (including phenoxy) is 2. The summed E-state index contributed by atoms with van der Waals surface area (Å²) >= 11 is 0. The van der Waals surface area contributed by atoms with E-state index in [1.54, 1.807) is 0 Å². The molecular formula is C31H58O9SSi2. The van der Waals surface area contributed by atoms with Crippen molar-refractivity contribution in [3.63, 3.8) is 0 Å². The van der Waals surface area contributed by atoms with Crippen molar-refractivity contribution in [3.8, 4) is 0 Å². The second-order valence-corrected chi connectivity index (χ2v) is 26.6. The Morgan fingerprint density at radius 3 is 1.98 bits per heavy atom. The van der Waals surface area contributed by atoms with Crippen molar-refractivity contribution < 1.29 is 41.1 Å². The third kappa shape index (κ3) is 9.66. The first kappa shape index (κ1) is 38.5. The first-order valence-corrected chi connectivity index (χ1v) is 22.8. The monoisotopic (exact) mass is 662 g/mol. The van der Waals surface area contributed by atoms with E-state index in [-0.39, 0.29) is 36.5 Å². The molecule has 43 heavy (non-hydrogen) atoms. The summed E-state index contributed by atoms with van der Waals surface area (Å²) < 4.78 is 56.0. The van der Waals surface area contributed by atoms with Gasteiger partial charge in [0.1, 0.15) is 18.5 Å².